The molecular formula is C17H23N3. The van der Waals surface area contributed by atoms with E-state index in [9.17, 15) is 0 Å². The minimum atomic E-state index is 0.0857. The molecule has 3 N–H and O–H groups in total. The van der Waals surface area contributed by atoms with Gasteiger partial charge in [0, 0.05) is 12.4 Å². The topological polar surface area (TPSA) is 50.9 Å². The molecule has 1 aromatic carbocycles. The van der Waals surface area contributed by atoms with Crippen molar-refractivity contribution in [1.82, 2.24) is 10.4 Å². The lowest BCUT2D eigenvalue weighted by Gasteiger charge is -2.20. The van der Waals surface area contributed by atoms with Crippen molar-refractivity contribution in [2.24, 2.45) is 5.84 Å². The van der Waals surface area contributed by atoms with Crippen LogP contribution < -0.4 is 11.3 Å². The summed E-state index contributed by atoms with van der Waals surface area (Å²) < 4.78 is 0. The van der Waals surface area contributed by atoms with Crippen LogP contribution in [0, 0.1) is 27.7 Å². The van der Waals surface area contributed by atoms with Crippen molar-refractivity contribution in [3.05, 3.63) is 64.0 Å². The Bertz CT molecular complexity index is 582. The SMILES string of the molecule is Cc1cncc(C(Cc2c(C)cc(C)cc2C)NN)c1. The molecule has 1 heterocycles. The van der Waals surface area contributed by atoms with Gasteiger partial charge in [-0.2, -0.15) is 0 Å². The van der Waals surface area contributed by atoms with Crippen LogP contribution in [0.25, 0.3) is 0 Å². The zero-order valence-electron chi connectivity index (χ0n) is 12.7. The molecule has 106 valence electrons. The molecule has 0 radical (unpaired) electrons. The van der Waals surface area contributed by atoms with Gasteiger partial charge in [-0.05, 0) is 61.9 Å². The van der Waals surface area contributed by atoms with Gasteiger partial charge in [0.1, 0.15) is 0 Å². The summed E-state index contributed by atoms with van der Waals surface area (Å²) in [5, 5.41) is 0. The summed E-state index contributed by atoms with van der Waals surface area (Å²) in [6.07, 6.45) is 4.62. The Morgan fingerprint density at radius 2 is 1.65 bits per heavy atom. The number of aryl methyl sites for hydroxylation is 4. The van der Waals surface area contributed by atoms with E-state index in [0.29, 0.717) is 0 Å². The standard InChI is InChI=1S/C17H23N3/c1-11-5-13(3)16(14(4)6-11)8-17(20-18)15-7-12(2)9-19-10-15/h5-7,9-10,17,20H,8,18H2,1-4H3. The highest BCUT2D eigenvalue weighted by Gasteiger charge is 2.14. The predicted octanol–water partition coefficient (Wildman–Crippen LogP) is 3.06. The molecule has 0 aliphatic carbocycles. The molecule has 0 bridgehead atoms. The molecule has 2 aromatic rings. The van der Waals surface area contributed by atoms with E-state index in [1.54, 1.807) is 0 Å². The second-order valence-corrected chi connectivity index (χ2v) is 5.60. The lowest BCUT2D eigenvalue weighted by molar-refractivity contribution is 0.547. The molecule has 0 fully saturated rings. The van der Waals surface area contributed by atoms with Gasteiger partial charge < -0.3 is 0 Å². The summed E-state index contributed by atoms with van der Waals surface area (Å²) >= 11 is 0. The van der Waals surface area contributed by atoms with Crippen molar-refractivity contribution in [3.63, 3.8) is 0 Å². The maximum atomic E-state index is 5.75. The Morgan fingerprint density at radius 1 is 1.00 bits per heavy atom. The average Bonchev–Trinajstić information content (AvgIpc) is 2.38. The maximum Gasteiger partial charge on any atom is 0.0515 e. The predicted molar refractivity (Wildman–Crippen MR) is 83.4 cm³/mol. The molecule has 1 aromatic heterocycles. The Labute approximate surface area is 121 Å². The van der Waals surface area contributed by atoms with Gasteiger partial charge in [-0.15, -0.1) is 0 Å². The fourth-order valence-electron chi connectivity index (χ4n) is 2.78. The zero-order valence-corrected chi connectivity index (χ0v) is 12.7. The van der Waals surface area contributed by atoms with Gasteiger partial charge in [0.15, 0.2) is 0 Å². The van der Waals surface area contributed by atoms with E-state index in [1.807, 2.05) is 19.3 Å². The summed E-state index contributed by atoms with van der Waals surface area (Å²) in [5.74, 6) is 5.75. The summed E-state index contributed by atoms with van der Waals surface area (Å²) in [5.41, 5.74) is 10.5. The maximum absolute atomic E-state index is 5.75. The van der Waals surface area contributed by atoms with Crippen molar-refractivity contribution in [1.29, 1.82) is 0 Å². The van der Waals surface area contributed by atoms with Crippen LogP contribution in [0.3, 0.4) is 0 Å². The van der Waals surface area contributed by atoms with Gasteiger partial charge in [0.2, 0.25) is 0 Å². The van der Waals surface area contributed by atoms with Crippen LogP contribution in [0.4, 0.5) is 0 Å². The molecule has 0 saturated carbocycles. The van der Waals surface area contributed by atoms with Gasteiger partial charge >= 0.3 is 0 Å². The molecule has 0 aliphatic rings. The molecular weight excluding hydrogens is 246 g/mol. The van der Waals surface area contributed by atoms with E-state index in [4.69, 9.17) is 5.84 Å². The molecule has 0 aliphatic heterocycles. The molecule has 1 unspecified atom stereocenters. The summed E-state index contributed by atoms with van der Waals surface area (Å²) in [4.78, 5) is 4.26. The number of benzene rings is 1. The number of nitrogens with one attached hydrogen (secondary N) is 1. The fourth-order valence-corrected chi connectivity index (χ4v) is 2.78. The first-order valence-corrected chi connectivity index (χ1v) is 6.95. The van der Waals surface area contributed by atoms with Crippen LogP contribution in [0.15, 0.2) is 30.6 Å². The van der Waals surface area contributed by atoms with Crippen molar-refractivity contribution in [2.45, 2.75) is 40.2 Å². The van der Waals surface area contributed by atoms with E-state index in [0.717, 1.165) is 17.5 Å². The number of hydrogen-bond donors (Lipinski definition) is 2. The van der Waals surface area contributed by atoms with Crippen molar-refractivity contribution < 1.29 is 0 Å². The first-order valence-electron chi connectivity index (χ1n) is 6.95. The van der Waals surface area contributed by atoms with Crippen molar-refractivity contribution >= 4 is 0 Å². The van der Waals surface area contributed by atoms with Crippen LogP contribution in [0.1, 0.15) is 39.4 Å². The molecule has 3 heteroatoms. The third-order valence-corrected chi connectivity index (χ3v) is 3.75. The minimum Gasteiger partial charge on any atom is -0.271 e. The number of nitrogens with two attached hydrogens (primary N) is 1. The van der Waals surface area contributed by atoms with Crippen LogP contribution in [0.2, 0.25) is 0 Å². The van der Waals surface area contributed by atoms with E-state index < -0.39 is 0 Å². The van der Waals surface area contributed by atoms with Crippen LogP contribution in [0.5, 0.6) is 0 Å². The summed E-state index contributed by atoms with van der Waals surface area (Å²) in [7, 11) is 0. The second-order valence-electron chi connectivity index (χ2n) is 5.60. The fraction of sp³-hybridized carbons (Fsp3) is 0.353. The third-order valence-electron chi connectivity index (χ3n) is 3.75. The molecule has 20 heavy (non-hydrogen) atoms. The largest absolute Gasteiger partial charge is 0.271 e. The van der Waals surface area contributed by atoms with Gasteiger partial charge in [0.05, 0.1) is 6.04 Å². The Hall–Kier alpha value is -1.71. The smallest absolute Gasteiger partial charge is 0.0515 e. The lowest BCUT2D eigenvalue weighted by atomic mass is 9.92. The number of hydrazine groups is 1. The van der Waals surface area contributed by atoms with Crippen LogP contribution >= 0.6 is 0 Å². The van der Waals surface area contributed by atoms with E-state index in [-0.39, 0.29) is 6.04 Å². The van der Waals surface area contributed by atoms with Crippen LogP contribution in [-0.4, -0.2) is 4.98 Å². The second kappa shape index (κ2) is 6.16. The summed E-state index contributed by atoms with van der Waals surface area (Å²) in [6.45, 7) is 8.51. The molecule has 1 atom stereocenters. The highest BCUT2D eigenvalue weighted by molar-refractivity contribution is 5.39. The zero-order chi connectivity index (χ0) is 14.7. The minimum absolute atomic E-state index is 0.0857. The van der Waals surface area contributed by atoms with Crippen LogP contribution in [-0.2, 0) is 6.42 Å². The average molecular weight is 269 g/mol. The van der Waals surface area contributed by atoms with Gasteiger partial charge in [-0.25, -0.2) is 0 Å². The molecule has 3 nitrogen and oxygen atoms in total. The first-order chi connectivity index (χ1) is 9.51. The number of hydrogen-bond acceptors (Lipinski definition) is 3. The van der Waals surface area contributed by atoms with Gasteiger partial charge in [0.25, 0.3) is 0 Å². The Morgan fingerprint density at radius 3 is 2.20 bits per heavy atom. The highest BCUT2D eigenvalue weighted by Crippen LogP contribution is 2.23. The van der Waals surface area contributed by atoms with Gasteiger partial charge in [-0.1, -0.05) is 23.8 Å². The molecule has 0 amide bonds. The van der Waals surface area contributed by atoms with Crippen molar-refractivity contribution in [2.75, 3.05) is 0 Å². The molecule has 2 rings (SSSR count). The monoisotopic (exact) mass is 269 g/mol. The third kappa shape index (κ3) is 3.24. The Kier molecular flexibility index (Phi) is 4.53. The number of nitrogens with zero attached hydrogens (tertiary/aromatic N) is 1. The normalized spacial score (nSPS) is 12.4. The van der Waals surface area contributed by atoms with Crippen molar-refractivity contribution in [3.8, 4) is 0 Å². The van der Waals surface area contributed by atoms with E-state index >= 15 is 0 Å². The lowest BCUT2D eigenvalue weighted by Crippen LogP contribution is -2.30. The first kappa shape index (κ1) is 14.7. The van der Waals surface area contributed by atoms with E-state index in [1.165, 1.54) is 22.3 Å². The Balaban J connectivity index is 2.32. The van der Waals surface area contributed by atoms with E-state index in [2.05, 4.69) is 49.4 Å². The molecule has 0 spiro atoms. The number of rotatable bonds is 4. The highest BCUT2D eigenvalue weighted by atomic mass is 15.2. The quantitative estimate of drug-likeness (QED) is 0.662. The number of aromatic nitrogens is 1. The molecule has 0 saturated heterocycles. The summed E-state index contributed by atoms with van der Waals surface area (Å²) in [6, 6.07) is 6.67. The number of pyridine rings is 1. The van der Waals surface area contributed by atoms with Gasteiger partial charge in [-0.3, -0.25) is 16.3 Å².